The topological polar surface area (TPSA) is 58.6 Å². The van der Waals surface area contributed by atoms with Crippen molar-refractivity contribution in [2.24, 2.45) is 0 Å². The SMILES string of the molecule is CCCOc1cccc(NC2=C(c3ccc(C)c(C)c3)C(=O)N(c3ccc(C)cc3)C2=O)c1. The summed E-state index contributed by atoms with van der Waals surface area (Å²) in [4.78, 5) is 28.4. The Morgan fingerprint density at radius 3 is 2.30 bits per heavy atom. The first kappa shape index (κ1) is 22.3. The van der Waals surface area contributed by atoms with Crippen LogP contribution in [0.25, 0.3) is 5.57 Å². The Morgan fingerprint density at radius 1 is 0.848 bits per heavy atom. The average Bonchev–Trinajstić information content (AvgIpc) is 3.04. The van der Waals surface area contributed by atoms with Gasteiger partial charge in [-0.1, -0.05) is 48.9 Å². The van der Waals surface area contributed by atoms with Crippen molar-refractivity contribution < 1.29 is 14.3 Å². The molecule has 4 rings (SSSR count). The van der Waals surface area contributed by atoms with Crippen LogP contribution in [0.15, 0.2) is 72.4 Å². The fourth-order valence-electron chi connectivity index (χ4n) is 3.77. The van der Waals surface area contributed by atoms with Gasteiger partial charge in [-0.15, -0.1) is 0 Å². The summed E-state index contributed by atoms with van der Waals surface area (Å²) >= 11 is 0. The minimum Gasteiger partial charge on any atom is -0.494 e. The Hall–Kier alpha value is -3.86. The molecule has 0 saturated heterocycles. The van der Waals surface area contributed by atoms with Crippen molar-refractivity contribution in [1.82, 2.24) is 0 Å². The first-order valence-electron chi connectivity index (χ1n) is 11.2. The zero-order valence-electron chi connectivity index (χ0n) is 19.4. The molecule has 0 atom stereocenters. The van der Waals surface area contributed by atoms with Crippen molar-refractivity contribution in [3.05, 3.63) is 94.7 Å². The summed E-state index contributed by atoms with van der Waals surface area (Å²) < 4.78 is 5.73. The van der Waals surface area contributed by atoms with E-state index >= 15 is 0 Å². The van der Waals surface area contributed by atoms with Gasteiger partial charge in [0.25, 0.3) is 11.8 Å². The summed E-state index contributed by atoms with van der Waals surface area (Å²) in [5, 5.41) is 3.22. The van der Waals surface area contributed by atoms with Crippen LogP contribution in [0.2, 0.25) is 0 Å². The van der Waals surface area contributed by atoms with E-state index < -0.39 is 0 Å². The molecule has 5 nitrogen and oxygen atoms in total. The van der Waals surface area contributed by atoms with Gasteiger partial charge in [0.1, 0.15) is 11.4 Å². The molecule has 168 valence electrons. The lowest BCUT2D eigenvalue weighted by molar-refractivity contribution is -0.120. The van der Waals surface area contributed by atoms with Crippen molar-refractivity contribution in [1.29, 1.82) is 0 Å². The molecule has 1 N–H and O–H groups in total. The van der Waals surface area contributed by atoms with Crippen LogP contribution in [0.4, 0.5) is 11.4 Å². The lowest BCUT2D eigenvalue weighted by Crippen LogP contribution is -2.32. The molecule has 5 heteroatoms. The van der Waals surface area contributed by atoms with E-state index in [-0.39, 0.29) is 17.5 Å². The van der Waals surface area contributed by atoms with Gasteiger partial charge in [-0.2, -0.15) is 0 Å². The lowest BCUT2D eigenvalue weighted by atomic mass is 9.99. The molecule has 0 saturated carbocycles. The van der Waals surface area contributed by atoms with Gasteiger partial charge >= 0.3 is 0 Å². The van der Waals surface area contributed by atoms with E-state index in [0.29, 0.717) is 34.9 Å². The number of aryl methyl sites for hydroxylation is 3. The Bertz CT molecular complexity index is 1240. The Morgan fingerprint density at radius 2 is 1.61 bits per heavy atom. The molecule has 1 aliphatic rings. The maximum absolute atomic E-state index is 13.6. The molecule has 0 aliphatic carbocycles. The molecule has 3 aromatic carbocycles. The van der Waals surface area contributed by atoms with Crippen LogP contribution in [0.5, 0.6) is 5.75 Å². The average molecular weight is 441 g/mol. The molecular formula is C28H28N2O3. The zero-order chi connectivity index (χ0) is 23.5. The minimum atomic E-state index is -0.378. The largest absolute Gasteiger partial charge is 0.494 e. The van der Waals surface area contributed by atoms with Gasteiger partial charge in [-0.05, 0) is 68.1 Å². The molecule has 33 heavy (non-hydrogen) atoms. The summed E-state index contributed by atoms with van der Waals surface area (Å²) in [5.41, 5.74) is 5.82. The minimum absolute atomic E-state index is 0.261. The monoisotopic (exact) mass is 440 g/mol. The number of rotatable bonds is 7. The number of hydrogen-bond donors (Lipinski definition) is 1. The molecule has 0 aromatic heterocycles. The van der Waals surface area contributed by atoms with E-state index in [2.05, 4.69) is 5.32 Å². The van der Waals surface area contributed by atoms with Gasteiger partial charge in [-0.25, -0.2) is 4.90 Å². The molecular weight excluding hydrogens is 412 g/mol. The molecule has 0 radical (unpaired) electrons. The number of hydrogen-bond acceptors (Lipinski definition) is 4. The summed E-state index contributed by atoms with van der Waals surface area (Å²) in [6.07, 6.45) is 0.901. The van der Waals surface area contributed by atoms with Crippen LogP contribution in [0, 0.1) is 20.8 Å². The second-order valence-corrected chi connectivity index (χ2v) is 8.33. The van der Waals surface area contributed by atoms with E-state index in [1.807, 2.05) is 82.3 Å². The first-order chi connectivity index (χ1) is 15.9. The Balaban J connectivity index is 1.78. The number of imide groups is 1. The molecule has 0 spiro atoms. The van der Waals surface area contributed by atoms with Gasteiger partial charge in [0.15, 0.2) is 0 Å². The number of nitrogens with zero attached hydrogens (tertiary/aromatic N) is 1. The van der Waals surface area contributed by atoms with Crippen molar-refractivity contribution in [2.45, 2.75) is 34.1 Å². The van der Waals surface area contributed by atoms with Crippen LogP contribution in [0.3, 0.4) is 0 Å². The Kier molecular flexibility index (Phi) is 6.31. The van der Waals surface area contributed by atoms with Crippen molar-refractivity contribution >= 4 is 28.8 Å². The molecule has 0 bridgehead atoms. The van der Waals surface area contributed by atoms with Crippen LogP contribution < -0.4 is 15.0 Å². The second-order valence-electron chi connectivity index (χ2n) is 8.33. The van der Waals surface area contributed by atoms with E-state index in [9.17, 15) is 9.59 Å². The van der Waals surface area contributed by atoms with Gasteiger partial charge in [0.2, 0.25) is 0 Å². The summed E-state index contributed by atoms with van der Waals surface area (Å²) in [7, 11) is 0. The van der Waals surface area contributed by atoms with E-state index in [4.69, 9.17) is 4.74 Å². The first-order valence-corrected chi connectivity index (χ1v) is 11.2. The highest BCUT2D eigenvalue weighted by molar-refractivity contribution is 6.46. The van der Waals surface area contributed by atoms with Gasteiger partial charge < -0.3 is 10.1 Å². The number of amides is 2. The van der Waals surface area contributed by atoms with Crippen LogP contribution in [-0.4, -0.2) is 18.4 Å². The van der Waals surface area contributed by atoms with E-state index in [1.54, 1.807) is 12.1 Å². The number of carbonyl (C=O) groups is 2. The normalized spacial score (nSPS) is 13.6. The van der Waals surface area contributed by atoms with Crippen LogP contribution in [0.1, 0.15) is 35.6 Å². The predicted octanol–water partition coefficient (Wildman–Crippen LogP) is 5.80. The van der Waals surface area contributed by atoms with E-state index in [0.717, 1.165) is 23.1 Å². The quantitative estimate of drug-likeness (QED) is 0.472. The fraction of sp³-hybridized carbons (Fsp3) is 0.214. The maximum Gasteiger partial charge on any atom is 0.282 e. The summed E-state index contributed by atoms with van der Waals surface area (Å²) in [5.74, 6) is -0.00713. The zero-order valence-corrected chi connectivity index (χ0v) is 19.4. The third-order valence-electron chi connectivity index (χ3n) is 5.75. The predicted molar refractivity (Wildman–Crippen MR) is 132 cm³/mol. The highest BCUT2D eigenvalue weighted by Crippen LogP contribution is 2.35. The van der Waals surface area contributed by atoms with Gasteiger partial charge in [0, 0.05) is 11.8 Å². The molecule has 3 aromatic rings. The van der Waals surface area contributed by atoms with Gasteiger partial charge in [0.05, 0.1) is 17.9 Å². The number of benzene rings is 3. The highest BCUT2D eigenvalue weighted by atomic mass is 16.5. The molecule has 1 aliphatic heterocycles. The smallest absolute Gasteiger partial charge is 0.282 e. The molecule has 1 heterocycles. The molecule has 0 unspecified atom stereocenters. The maximum atomic E-state index is 13.6. The number of nitrogens with one attached hydrogen (secondary N) is 1. The molecule has 0 fully saturated rings. The standard InChI is InChI=1S/C28H28N2O3/c1-5-15-33-24-8-6-7-22(17-24)29-26-25(21-12-11-19(3)20(4)16-21)27(31)30(28(26)32)23-13-9-18(2)10-14-23/h6-14,16-17,29H,5,15H2,1-4H3. The third kappa shape index (κ3) is 4.53. The Labute approximate surface area is 194 Å². The van der Waals surface area contributed by atoms with E-state index in [1.165, 1.54) is 4.90 Å². The van der Waals surface area contributed by atoms with Gasteiger partial charge in [-0.3, -0.25) is 9.59 Å². The second kappa shape index (κ2) is 9.33. The number of anilines is 2. The number of ether oxygens (including phenoxy) is 1. The van der Waals surface area contributed by atoms with Crippen molar-refractivity contribution in [2.75, 3.05) is 16.8 Å². The van der Waals surface area contributed by atoms with Crippen LogP contribution in [-0.2, 0) is 9.59 Å². The summed E-state index contributed by atoms with van der Waals surface area (Å²) in [6, 6.07) is 20.6. The lowest BCUT2D eigenvalue weighted by Gasteiger charge is -2.16. The van der Waals surface area contributed by atoms with Crippen LogP contribution >= 0.6 is 0 Å². The summed E-state index contributed by atoms with van der Waals surface area (Å²) in [6.45, 7) is 8.65. The van der Waals surface area contributed by atoms with Crippen molar-refractivity contribution in [3.63, 3.8) is 0 Å². The fourth-order valence-corrected chi connectivity index (χ4v) is 3.77. The third-order valence-corrected chi connectivity index (χ3v) is 5.75. The molecule has 2 amide bonds. The number of carbonyl (C=O) groups excluding carboxylic acids is 2. The highest BCUT2D eigenvalue weighted by Gasteiger charge is 2.40. The van der Waals surface area contributed by atoms with Crippen molar-refractivity contribution in [3.8, 4) is 5.75 Å².